The Hall–Kier alpha value is -4.90. The molecule has 0 saturated heterocycles. The Balaban J connectivity index is 1.60. The Morgan fingerprint density at radius 1 is 0.875 bits per heavy atom. The number of sulfonamides is 1. The highest BCUT2D eigenvalue weighted by atomic mass is 32.2. The molecule has 0 aliphatic heterocycles. The van der Waals surface area contributed by atoms with Gasteiger partial charge in [0, 0.05) is 25.0 Å². The summed E-state index contributed by atoms with van der Waals surface area (Å²) in [5.41, 5.74) is 1.47. The summed E-state index contributed by atoms with van der Waals surface area (Å²) in [7, 11) is -1.26. The molecule has 2 N–H and O–H groups in total. The van der Waals surface area contributed by atoms with Crippen molar-refractivity contribution < 1.29 is 27.5 Å². The molecule has 0 saturated carbocycles. The van der Waals surface area contributed by atoms with Gasteiger partial charge < -0.3 is 20.1 Å². The topological polar surface area (TPSA) is 127 Å². The third-order valence-corrected chi connectivity index (χ3v) is 7.68. The SMILES string of the molecule is COc1ccc(N(CC(=O)Nc2ccccc2C(=O)NCc2cccnc2)S(=O)(=O)c2ccccc2)cc1OC. The van der Waals surface area contributed by atoms with Crippen LogP contribution in [0.5, 0.6) is 11.5 Å². The third kappa shape index (κ3) is 6.56. The molecule has 0 bridgehead atoms. The van der Waals surface area contributed by atoms with Gasteiger partial charge >= 0.3 is 0 Å². The van der Waals surface area contributed by atoms with Crippen molar-refractivity contribution in [2.75, 3.05) is 30.4 Å². The third-order valence-electron chi connectivity index (χ3n) is 5.90. The van der Waals surface area contributed by atoms with E-state index in [4.69, 9.17) is 9.47 Å². The van der Waals surface area contributed by atoms with E-state index < -0.39 is 28.4 Å². The van der Waals surface area contributed by atoms with Gasteiger partial charge in [-0.15, -0.1) is 0 Å². The molecular weight excluding hydrogens is 532 g/mol. The number of rotatable bonds is 11. The molecular formula is C29H28N4O6S. The molecule has 0 fully saturated rings. The predicted octanol–water partition coefficient (Wildman–Crippen LogP) is 3.86. The van der Waals surface area contributed by atoms with E-state index in [1.165, 1.54) is 38.5 Å². The van der Waals surface area contributed by atoms with Crippen LogP contribution in [0.3, 0.4) is 0 Å². The second kappa shape index (κ2) is 12.8. The van der Waals surface area contributed by atoms with Crippen LogP contribution in [0.1, 0.15) is 15.9 Å². The van der Waals surface area contributed by atoms with Gasteiger partial charge in [-0.05, 0) is 48.0 Å². The lowest BCUT2D eigenvalue weighted by Gasteiger charge is -2.25. The minimum atomic E-state index is -4.16. The number of nitrogens with one attached hydrogen (secondary N) is 2. The number of hydrogen-bond acceptors (Lipinski definition) is 7. The number of nitrogens with zero attached hydrogens (tertiary/aromatic N) is 2. The highest BCUT2D eigenvalue weighted by Crippen LogP contribution is 2.33. The number of aromatic nitrogens is 1. The fourth-order valence-corrected chi connectivity index (χ4v) is 5.34. The van der Waals surface area contributed by atoms with Crippen LogP contribution in [0.4, 0.5) is 11.4 Å². The summed E-state index contributed by atoms with van der Waals surface area (Å²) in [6.07, 6.45) is 3.28. The molecule has 0 radical (unpaired) electrons. The van der Waals surface area contributed by atoms with E-state index in [0.29, 0.717) is 11.5 Å². The van der Waals surface area contributed by atoms with Gasteiger partial charge in [0.05, 0.1) is 36.1 Å². The van der Waals surface area contributed by atoms with Gasteiger partial charge in [0.15, 0.2) is 11.5 Å². The summed E-state index contributed by atoms with van der Waals surface area (Å²) in [6.45, 7) is -0.324. The average Bonchev–Trinajstić information content (AvgIpc) is 2.99. The summed E-state index contributed by atoms with van der Waals surface area (Å²) in [5, 5.41) is 5.49. The molecule has 1 aromatic heterocycles. The number of carbonyl (C=O) groups excluding carboxylic acids is 2. The minimum Gasteiger partial charge on any atom is -0.493 e. The van der Waals surface area contributed by atoms with Crippen molar-refractivity contribution in [3.8, 4) is 11.5 Å². The Labute approximate surface area is 232 Å². The van der Waals surface area contributed by atoms with Gasteiger partial charge in [0.1, 0.15) is 6.54 Å². The molecule has 0 aliphatic rings. The maximum atomic E-state index is 13.7. The van der Waals surface area contributed by atoms with Gasteiger partial charge in [-0.25, -0.2) is 8.42 Å². The molecule has 11 heteroatoms. The summed E-state index contributed by atoms with van der Waals surface area (Å²) in [6, 6.07) is 22.4. The van der Waals surface area contributed by atoms with E-state index in [0.717, 1.165) is 9.87 Å². The fourth-order valence-electron chi connectivity index (χ4n) is 3.91. The molecule has 10 nitrogen and oxygen atoms in total. The van der Waals surface area contributed by atoms with Crippen molar-refractivity contribution in [3.63, 3.8) is 0 Å². The maximum absolute atomic E-state index is 13.7. The summed E-state index contributed by atoms with van der Waals surface area (Å²) < 4.78 is 38.9. The van der Waals surface area contributed by atoms with Crippen molar-refractivity contribution >= 4 is 33.2 Å². The number of pyridine rings is 1. The quantitative estimate of drug-likeness (QED) is 0.285. The van der Waals surface area contributed by atoms with E-state index in [2.05, 4.69) is 15.6 Å². The average molecular weight is 561 g/mol. The van der Waals surface area contributed by atoms with Gasteiger partial charge in [-0.3, -0.25) is 18.9 Å². The first kappa shape index (κ1) is 28.1. The second-order valence-electron chi connectivity index (χ2n) is 8.50. The van der Waals surface area contributed by atoms with Crippen molar-refractivity contribution in [2.24, 2.45) is 0 Å². The van der Waals surface area contributed by atoms with E-state index >= 15 is 0 Å². The monoisotopic (exact) mass is 560 g/mol. The lowest BCUT2D eigenvalue weighted by molar-refractivity contribution is -0.114. The molecule has 2 amide bonds. The molecule has 4 aromatic rings. The van der Waals surface area contributed by atoms with Crippen molar-refractivity contribution in [2.45, 2.75) is 11.4 Å². The number of carbonyl (C=O) groups is 2. The summed E-state index contributed by atoms with van der Waals surface area (Å²) in [5.74, 6) is -0.363. The van der Waals surface area contributed by atoms with Crippen LogP contribution in [-0.4, -0.2) is 46.0 Å². The lowest BCUT2D eigenvalue weighted by atomic mass is 10.1. The van der Waals surface area contributed by atoms with Crippen molar-refractivity contribution in [1.82, 2.24) is 10.3 Å². The molecule has 4 rings (SSSR count). The zero-order valence-corrected chi connectivity index (χ0v) is 22.7. The van der Waals surface area contributed by atoms with Crippen molar-refractivity contribution in [1.29, 1.82) is 0 Å². The smallest absolute Gasteiger partial charge is 0.264 e. The number of benzene rings is 3. The van der Waals surface area contributed by atoms with E-state index in [1.54, 1.807) is 67.0 Å². The van der Waals surface area contributed by atoms with Crippen LogP contribution in [-0.2, 0) is 21.4 Å². The van der Waals surface area contributed by atoms with Crippen LogP contribution in [0.15, 0.2) is 102 Å². The van der Waals surface area contributed by atoms with Gasteiger partial charge in [-0.2, -0.15) is 0 Å². The predicted molar refractivity (Wildman–Crippen MR) is 151 cm³/mol. The van der Waals surface area contributed by atoms with Gasteiger partial charge in [0.2, 0.25) is 5.91 Å². The standard InChI is InChI=1S/C29H28N4O6S/c1-38-26-15-14-22(17-27(26)39-2)33(40(36,37)23-10-4-3-5-11-23)20-28(34)32-25-13-7-6-12-24(25)29(35)31-19-21-9-8-16-30-18-21/h3-18H,19-20H2,1-2H3,(H,31,35)(H,32,34). The highest BCUT2D eigenvalue weighted by molar-refractivity contribution is 7.92. The van der Waals surface area contributed by atoms with Crippen LogP contribution in [0.25, 0.3) is 0 Å². The number of methoxy groups -OCH3 is 2. The maximum Gasteiger partial charge on any atom is 0.264 e. The molecule has 0 unspecified atom stereocenters. The number of para-hydroxylation sites is 1. The van der Waals surface area contributed by atoms with E-state index in [9.17, 15) is 18.0 Å². The molecule has 206 valence electrons. The first-order chi connectivity index (χ1) is 19.3. The van der Waals surface area contributed by atoms with Crippen LogP contribution < -0.4 is 24.4 Å². The molecule has 0 atom stereocenters. The van der Waals surface area contributed by atoms with Crippen LogP contribution in [0, 0.1) is 0 Å². The van der Waals surface area contributed by atoms with Crippen LogP contribution in [0.2, 0.25) is 0 Å². The fraction of sp³-hybridized carbons (Fsp3) is 0.138. The number of hydrogen-bond donors (Lipinski definition) is 2. The van der Waals surface area contributed by atoms with Gasteiger partial charge in [0.25, 0.3) is 15.9 Å². The molecule has 3 aromatic carbocycles. The molecule has 1 heterocycles. The van der Waals surface area contributed by atoms with Crippen LogP contribution >= 0.6 is 0 Å². The first-order valence-electron chi connectivity index (χ1n) is 12.2. The molecule has 0 aliphatic carbocycles. The van der Waals surface area contributed by atoms with E-state index in [-0.39, 0.29) is 28.4 Å². The Morgan fingerprint density at radius 3 is 2.30 bits per heavy atom. The summed E-state index contributed by atoms with van der Waals surface area (Å²) >= 11 is 0. The molecule has 40 heavy (non-hydrogen) atoms. The Kier molecular flexibility index (Phi) is 8.97. The number of anilines is 2. The normalized spacial score (nSPS) is 10.8. The van der Waals surface area contributed by atoms with E-state index in [1.807, 2.05) is 6.07 Å². The zero-order valence-electron chi connectivity index (χ0n) is 21.9. The molecule has 0 spiro atoms. The zero-order chi connectivity index (χ0) is 28.5. The number of amides is 2. The second-order valence-corrected chi connectivity index (χ2v) is 10.4. The lowest BCUT2D eigenvalue weighted by Crippen LogP contribution is -2.38. The number of ether oxygens (including phenoxy) is 2. The van der Waals surface area contributed by atoms with Gasteiger partial charge in [-0.1, -0.05) is 36.4 Å². The minimum absolute atomic E-state index is 0.00719. The largest absolute Gasteiger partial charge is 0.493 e. The Bertz CT molecular complexity index is 1580. The van der Waals surface area contributed by atoms with Crippen molar-refractivity contribution in [3.05, 3.63) is 108 Å². The highest BCUT2D eigenvalue weighted by Gasteiger charge is 2.28. The first-order valence-corrected chi connectivity index (χ1v) is 13.6. The Morgan fingerprint density at radius 2 is 1.60 bits per heavy atom. The summed E-state index contributed by atoms with van der Waals surface area (Å²) in [4.78, 5) is 30.3.